The maximum absolute atomic E-state index is 12.4. The van der Waals surface area contributed by atoms with Crippen LogP contribution in [0.3, 0.4) is 0 Å². The van der Waals surface area contributed by atoms with E-state index in [4.69, 9.17) is 28.9 Å². The second-order valence-electron chi connectivity index (χ2n) is 4.85. The number of carbonyl (C=O) groups excluding carboxylic acids is 1. The molecule has 1 atom stereocenters. The molecule has 1 aliphatic rings. The molecule has 3 nitrogen and oxygen atoms in total. The Morgan fingerprint density at radius 3 is 2.62 bits per heavy atom. The topological polar surface area (TPSA) is 46.3 Å². The lowest BCUT2D eigenvalue weighted by Gasteiger charge is -2.18. The Labute approximate surface area is 140 Å². The number of benzene rings is 2. The molecule has 0 radical (unpaired) electrons. The highest BCUT2D eigenvalue weighted by Crippen LogP contribution is 2.37. The molecule has 0 saturated carbocycles. The van der Waals surface area contributed by atoms with Gasteiger partial charge >= 0.3 is 0 Å². The van der Waals surface area contributed by atoms with Gasteiger partial charge in [-0.2, -0.15) is 0 Å². The van der Waals surface area contributed by atoms with Gasteiger partial charge in [0.2, 0.25) is 5.91 Å². The van der Waals surface area contributed by atoms with E-state index in [9.17, 15) is 4.79 Å². The number of carbonyl (C=O) groups is 1. The van der Waals surface area contributed by atoms with Crippen molar-refractivity contribution in [2.45, 2.75) is 12.6 Å². The summed E-state index contributed by atoms with van der Waals surface area (Å²) in [5.74, 6) is -0.117. The van der Waals surface area contributed by atoms with E-state index in [-0.39, 0.29) is 5.91 Å². The van der Waals surface area contributed by atoms with E-state index in [1.165, 1.54) is 0 Å². The van der Waals surface area contributed by atoms with Crippen molar-refractivity contribution in [2.24, 2.45) is 5.73 Å². The lowest BCUT2D eigenvalue weighted by molar-refractivity contribution is -0.119. The van der Waals surface area contributed by atoms with Crippen LogP contribution in [0.2, 0.25) is 10.0 Å². The molecular formula is C15H11BrCl2N2O. The van der Waals surface area contributed by atoms with Crippen molar-refractivity contribution in [1.29, 1.82) is 0 Å². The van der Waals surface area contributed by atoms with Crippen molar-refractivity contribution in [2.75, 3.05) is 4.90 Å². The summed E-state index contributed by atoms with van der Waals surface area (Å²) in [5.41, 5.74) is 8.56. The molecule has 2 N–H and O–H groups in total. The maximum atomic E-state index is 12.4. The van der Waals surface area contributed by atoms with Crippen molar-refractivity contribution >= 4 is 50.7 Å². The predicted molar refractivity (Wildman–Crippen MR) is 88.7 cm³/mol. The van der Waals surface area contributed by atoms with Crippen LogP contribution in [0.5, 0.6) is 0 Å². The van der Waals surface area contributed by atoms with Crippen LogP contribution < -0.4 is 10.6 Å². The third kappa shape index (κ3) is 2.69. The molecule has 1 heterocycles. The lowest BCUT2D eigenvalue weighted by atomic mass is 10.1. The summed E-state index contributed by atoms with van der Waals surface area (Å²) in [6.45, 7) is 0.415. The summed E-state index contributed by atoms with van der Waals surface area (Å²) in [6, 6.07) is 10.4. The molecule has 0 bridgehead atoms. The van der Waals surface area contributed by atoms with E-state index in [1.807, 2.05) is 24.3 Å². The molecule has 1 aliphatic heterocycles. The predicted octanol–water partition coefficient (Wildman–Crippen LogP) is 4.30. The highest BCUT2D eigenvalue weighted by Gasteiger charge is 2.34. The van der Waals surface area contributed by atoms with Gasteiger partial charge in [0, 0.05) is 15.7 Å². The first-order valence-electron chi connectivity index (χ1n) is 6.27. The van der Waals surface area contributed by atoms with Gasteiger partial charge in [-0.05, 0) is 35.9 Å². The SMILES string of the molecule is NC1C(=O)N(Cc2ccc(Cl)c(Cl)c2)c2ccc(Br)cc21. The number of halogens is 3. The van der Waals surface area contributed by atoms with E-state index in [1.54, 1.807) is 17.0 Å². The van der Waals surface area contributed by atoms with Gasteiger partial charge in [-0.1, -0.05) is 45.2 Å². The number of fused-ring (bicyclic) bond motifs is 1. The fourth-order valence-corrected chi connectivity index (χ4v) is 3.12. The fourth-order valence-electron chi connectivity index (χ4n) is 2.42. The summed E-state index contributed by atoms with van der Waals surface area (Å²) in [4.78, 5) is 14.0. The molecule has 21 heavy (non-hydrogen) atoms. The molecule has 1 amide bonds. The molecule has 0 fully saturated rings. The lowest BCUT2D eigenvalue weighted by Crippen LogP contribution is -2.31. The Morgan fingerprint density at radius 2 is 1.90 bits per heavy atom. The van der Waals surface area contributed by atoms with Crippen molar-refractivity contribution in [1.82, 2.24) is 0 Å². The molecule has 1 unspecified atom stereocenters. The highest BCUT2D eigenvalue weighted by molar-refractivity contribution is 9.10. The maximum Gasteiger partial charge on any atom is 0.248 e. The largest absolute Gasteiger partial charge is 0.316 e. The first kappa shape index (κ1) is 14.9. The smallest absolute Gasteiger partial charge is 0.248 e. The molecule has 0 aromatic heterocycles. The molecule has 2 aromatic carbocycles. The third-order valence-corrected chi connectivity index (χ3v) is 4.70. The van der Waals surface area contributed by atoms with Crippen LogP contribution in [0.25, 0.3) is 0 Å². The second-order valence-corrected chi connectivity index (χ2v) is 6.58. The van der Waals surface area contributed by atoms with Gasteiger partial charge in [0.05, 0.1) is 16.6 Å². The zero-order chi connectivity index (χ0) is 15.1. The van der Waals surface area contributed by atoms with Crippen molar-refractivity contribution in [3.63, 3.8) is 0 Å². The van der Waals surface area contributed by atoms with Gasteiger partial charge in [-0.25, -0.2) is 0 Å². The number of anilines is 1. The van der Waals surface area contributed by atoms with Gasteiger partial charge in [0.1, 0.15) is 6.04 Å². The number of nitrogens with two attached hydrogens (primary N) is 1. The van der Waals surface area contributed by atoms with Crippen molar-refractivity contribution in [3.8, 4) is 0 Å². The van der Waals surface area contributed by atoms with E-state index in [0.29, 0.717) is 16.6 Å². The molecule has 3 rings (SSSR count). The number of hydrogen-bond donors (Lipinski definition) is 1. The van der Waals surface area contributed by atoms with E-state index in [2.05, 4.69) is 15.9 Å². The summed E-state index contributed by atoms with van der Waals surface area (Å²) in [7, 11) is 0. The normalized spacial score (nSPS) is 17.2. The monoisotopic (exact) mass is 384 g/mol. The summed E-state index contributed by atoms with van der Waals surface area (Å²) in [5, 5.41) is 0.968. The highest BCUT2D eigenvalue weighted by atomic mass is 79.9. The Bertz CT molecular complexity index is 736. The van der Waals surface area contributed by atoms with Gasteiger partial charge in [-0.15, -0.1) is 0 Å². The van der Waals surface area contributed by atoms with Crippen LogP contribution in [0, 0.1) is 0 Å². The average Bonchev–Trinajstić information content (AvgIpc) is 2.68. The first-order valence-corrected chi connectivity index (χ1v) is 7.82. The number of rotatable bonds is 2. The molecule has 108 valence electrons. The van der Waals surface area contributed by atoms with Crippen LogP contribution in [0.4, 0.5) is 5.69 Å². The van der Waals surface area contributed by atoms with Crippen LogP contribution in [0.15, 0.2) is 40.9 Å². The Morgan fingerprint density at radius 1 is 1.14 bits per heavy atom. The van der Waals surface area contributed by atoms with Gasteiger partial charge in [-0.3, -0.25) is 4.79 Å². The molecule has 0 spiro atoms. The second kappa shape index (κ2) is 5.61. The number of nitrogens with zero attached hydrogens (tertiary/aromatic N) is 1. The number of hydrogen-bond acceptors (Lipinski definition) is 2. The van der Waals surface area contributed by atoms with Crippen LogP contribution in [-0.2, 0) is 11.3 Å². The molecule has 0 aliphatic carbocycles. The first-order chi connectivity index (χ1) is 9.97. The van der Waals surface area contributed by atoms with E-state index >= 15 is 0 Å². The van der Waals surface area contributed by atoms with E-state index < -0.39 is 6.04 Å². The zero-order valence-electron chi connectivity index (χ0n) is 10.8. The Kier molecular flexibility index (Phi) is 3.97. The van der Waals surface area contributed by atoms with Gasteiger partial charge in [0.25, 0.3) is 0 Å². The van der Waals surface area contributed by atoms with Crippen molar-refractivity contribution in [3.05, 3.63) is 62.0 Å². The Hall–Kier alpha value is -1.07. The molecular weight excluding hydrogens is 375 g/mol. The third-order valence-electron chi connectivity index (χ3n) is 3.47. The van der Waals surface area contributed by atoms with Crippen LogP contribution >= 0.6 is 39.1 Å². The minimum absolute atomic E-state index is 0.117. The summed E-state index contributed by atoms with van der Waals surface area (Å²) >= 11 is 15.3. The minimum Gasteiger partial charge on any atom is -0.316 e. The number of amides is 1. The molecule has 0 saturated heterocycles. The quantitative estimate of drug-likeness (QED) is 0.837. The van der Waals surface area contributed by atoms with Crippen molar-refractivity contribution < 1.29 is 4.79 Å². The van der Waals surface area contributed by atoms with Gasteiger partial charge < -0.3 is 10.6 Å². The zero-order valence-corrected chi connectivity index (χ0v) is 13.9. The standard InChI is InChI=1S/C15H11BrCl2N2O/c16-9-2-4-13-10(6-9)14(19)15(21)20(13)7-8-1-3-11(17)12(18)5-8/h1-6,14H,7,19H2. The van der Waals surface area contributed by atoms with Gasteiger partial charge in [0.15, 0.2) is 0 Å². The average molecular weight is 386 g/mol. The molecule has 6 heteroatoms. The summed E-state index contributed by atoms with van der Waals surface area (Å²) < 4.78 is 0.904. The van der Waals surface area contributed by atoms with E-state index in [0.717, 1.165) is 21.3 Å². The minimum atomic E-state index is -0.625. The molecule has 2 aromatic rings. The Balaban J connectivity index is 1.96. The van der Waals surface area contributed by atoms with Crippen LogP contribution in [0.1, 0.15) is 17.2 Å². The van der Waals surface area contributed by atoms with Crippen LogP contribution in [-0.4, -0.2) is 5.91 Å². The fraction of sp³-hybridized carbons (Fsp3) is 0.133. The summed E-state index contributed by atoms with van der Waals surface area (Å²) in [6.07, 6.45) is 0.